The van der Waals surface area contributed by atoms with Gasteiger partial charge in [0.2, 0.25) is 0 Å². The SMILES string of the molecule is CC[C@H]1OC(=O)[C@H](C)[C@@H](O[C@H]2C[C@@](C)(OC)[C@@H](O)[C@H](C)O2)[C@H](C)[C@@H](O[C@@H]2O[C@H](C)C[C@H](N(C)C)[C@H]2OCCCc2ccccc2)[C@](C)(OC)C[C@@H](C)C(=O)[C@H](C)[C@@H](O)[C@]1(C)O. The minimum Gasteiger partial charge on any atom is -0.459 e. The van der Waals surface area contributed by atoms with E-state index in [-0.39, 0.29) is 37.2 Å². The Morgan fingerprint density at radius 1 is 0.836 bits per heavy atom. The number of cyclic esters (lactones) is 1. The van der Waals surface area contributed by atoms with Crippen LogP contribution in [0.3, 0.4) is 0 Å². The van der Waals surface area contributed by atoms with E-state index in [1.54, 1.807) is 48.7 Å². The third-order valence-electron chi connectivity index (χ3n) is 14.0. The third kappa shape index (κ3) is 12.0. The van der Waals surface area contributed by atoms with Crippen LogP contribution < -0.4 is 0 Å². The van der Waals surface area contributed by atoms with Gasteiger partial charge in [-0.25, -0.2) is 0 Å². The van der Waals surface area contributed by atoms with Gasteiger partial charge in [0.25, 0.3) is 0 Å². The van der Waals surface area contributed by atoms with E-state index in [0.717, 1.165) is 12.8 Å². The van der Waals surface area contributed by atoms with Crippen molar-refractivity contribution in [2.75, 3.05) is 34.9 Å². The van der Waals surface area contributed by atoms with Gasteiger partial charge in [-0.2, -0.15) is 0 Å². The van der Waals surface area contributed by atoms with Gasteiger partial charge in [0.05, 0.1) is 47.6 Å². The molecule has 0 amide bonds. The summed E-state index contributed by atoms with van der Waals surface area (Å²) in [5.74, 6) is -4.35. The largest absolute Gasteiger partial charge is 0.459 e. The van der Waals surface area contributed by atoms with Gasteiger partial charge in [0.1, 0.15) is 29.7 Å². The van der Waals surface area contributed by atoms with Crippen molar-refractivity contribution in [1.82, 2.24) is 4.90 Å². The zero-order valence-electron chi connectivity index (χ0n) is 39.4. The molecule has 4 rings (SSSR count). The van der Waals surface area contributed by atoms with Crippen molar-refractivity contribution in [3.05, 3.63) is 35.9 Å². The Labute approximate surface area is 365 Å². The Balaban J connectivity index is 1.84. The number of hydrogen-bond donors (Lipinski definition) is 3. The average molecular weight is 866 g/mol. The monoisotopic (exact) mass is 866 g/mol. The fraction of sp³-hybridized carbons (Fsp3) is 0.830. The number of aliphatic hydroxyl groups excluding tert-OH is 2. The lowest BCUT2D eigenvalue weighted by molar-refractivity contribution is -0.322. The number of rotatable bonds is 13. The molecule has 0 saturated carbocycles. The van der Waals surface area contributed by atoms with E-state index in [0.29, 0.717) is 13.0 Å². The maximum absolute atomic E-state index is 14.4. The number of esters is 1. The van der Waals surface area contributed by atoms with Crippen LogP contribution in [0.5, 0.6) is 0 Å². The van der Waals surface area contributed by atoms with Gasteiger partial charge >= 0.3 is 5.97 Å². The molecule has 350 valence electrons. The maximum Gasteiger partial charge on any atom is 0.311 e. The molecule has 3 heterocycles. The van der Waals surface area contributed by atoms with Crippen molar-refractivity contribution < 1.29 is 62.8 Å². The molecule has 3 saturated heterocycles. The predicted molar refractivity (Wildman–Crippen MR) is 230 cm³/mol. The Kier molecular flexibility index (Phi) is 18.4. The normalized spacial score (nSPS) is 43.5. The molecule has 18 atom stereocenters. The van der Waals surface area contributed by atoms with Crippen LogP contribution in [-0.2, 0) is 53.9 Å². The molecule has 0 spiro atoms. The van der Waals surface area contributed by atoms with Crippen LogP contribution in [0.2, 0.25) is 0 Å². The molecule has 14 heteroatoms. The molecule has 3 fully saturated rings. The number of carbonyl (C=O) groups excluding carboxylic acids is 2. The van der Waals surface area contributed by atoms with Crippen molar-refractivity contribution >= 4 is 11.8 Å². The number of benzene rings is 1. The summed E-state index contributed by atoms with van der Waals surface area (Å²) in [6.45, 7) is 18.0. The highest BCUT2D eigenvalue weighted by Crippen LogP contribution is 2.42. The molecule has 1 aromatic carbocycles. The number of aliphatic hydroxyl groups is 3. The van der Waals surface area contributed by atoms with Gasteiger partial charge in [-0.3, -0.25) is 9.59 Å². The highest BCUT2D eigenvalue weighted by Gasteiger charge is 2.54. The zero-order valence-corrected chi connectivity index (χ0v) is 39.4. The number of nitrogens with zero attached hydrogens (tertiary/aromatic N) is 1. The van der Waals surface area contributed by atoms with Crippen molar-refractivity contribution in [3.8, 4) is 0 Å². The molecular formula is C47H79NO13. The number of carbonyl (C=O) groups is 2. The van der Waals surface area contributed by atoms with Gasteiger partial charge in [0.15, 0.2) is 12.6 Å². The summed E-state index contributed by atoms with van der Waals surface area (Å²) in [5, 5.41) is 34.4. The molecule has 1 aromatic rings. The van der Waals surface area contributed by atoms with Crippen LogP contribution in [0.4, 0.5) is 0 Å². The van der Waals surface area contributed by atoms with Gasteiger partial charge in [-0.1, -0.05) is 58.0 Å². The minimum absolute atomic E-state index is 0.0778. The summed E-state index contributed by atoms with van der Waals surface area (Å²) in [7, 11) is 7.12. The highest BCUT2D eigenvalue weighted by molar-refractivity contribution is 5.83. The van der Waals surface area contributed by atoms with Crippen LogP contribution >= 0.6 is 0 Å². The summed E-state index contributed by atoms with van der Waals surface area (Å²) in [5.41, 5.74) is -3.00. The molecule has 3 N–H and O–H groups in total. The second-order valence-electron chi connectivity index (χ2n) is 19.1. The van der Waals surface area contributed by atoms with Gasteiger partial charge in [-0.15, -0.1) is 0 Å². The summed E-state index contributed by atoms with van der Waals surface area (Å²) < 4.78 is 52.1. The number of methoxy groups -OCH3 is 2. The van der Waals surface area contributed by atoms with E-state index < -0.39 is 102 Å². The molecule has 61 heavy (non-hydrogen) atoms. The van der Waals surface area contributed by atoms with E-state index in [2.05, 4.69) is 17.0 Å². The van der Waals surface area contributed by atoms with Crippen molar-refractivity contribution in [3.63, 3.8) is 0 Å². The molecule has 3 aliphatic rings. The Bertz CT molecular complexity index is 1530. The van der Waals surface area contributed by atoms with Gasteiger partial charge < -0.3 is 58.1 Å². The number of Topliss-reactive ketones (excluding diaryl/α,β-unsaturated/α-hetero) is 1. The first-order valence-corrected chi connectivity index (χ1v) is 22.4. The summed E-state index contributed by atoms with van der Waals surface area (Å²) in [6, 6.07) is 10.2. The molecule has 0 radical (unpaired) electrons. The van der Waals surface area contributed by atoms with E-state index in [9.17, 15) is 24.9 Å². The molecule has 0 bridgehead atoms. The van der Waals surface area contributed by atoms with E-state index in [1.807, 2.05) is 53.1 Å². The molecule has 14 nitrogen and oxygen atoms in total. The number of ether oxygens (including phenoxy) is 8. The Hall–Kier alpha value is -2.08. The molecule has 3 aliphatic heterocycles. The number of aryl methyl sites for hydroxylation is 1. The summed E-state index contributed by atoms with van der Waals surface area (Å²) >= 11 is 0. The fourth-order valence-corrected chi connectivity index (χ4v) is 9.89. The number of ketones is 1. The first-order valence-electron chi connectivity index (χ1n) is 22.4. The maximum atomic E-state index is 14.4. The first kappa shape index (κ1) is 51.6. The van der Waals surface area contributed by atoms with Crippen molar-refractivity contribution in [1.29, 1.82) is 0 Å². The van der Waals surface area contributed by atoms with Crippen LogP contribution in [0.25, 0.3) is 0 Å². The topological polar surface area (TPSA) is 172 Å². The van der Waals surface area contributed by atoms with Crippen LogP contribution in [0.1, 0.15) is 107 Å². The number of likely N-dealkylation sites (N-methyl/N-ethyl adjacent to an activating group) is 1. The summed E-state index contributed by atoms with van der Waals surface area (Å²) in [6.07, 6.45) is -6.04. The van der Waals surface area contributed by atoms with Gasteiger partial charge in [-0.05, 0) is 93.3 Å². The van der Waals surface area contributed by atoms with E-state index >= 15 is 0 Å². The standard InChI is InChI=1S/C47H79NO13/c1-15-35-47(10,53)40(50)29(4)37(49)27(2)25-46(9,55-14)42(30(5)38(31(6)43(52)59-35)60-36-26-45(8,54-13)41(51)32(7)58-36)61-44-39(34(48(11)12)24-28(3)57-44)56-23-19-22-33-20-17-16-18-21-33/h16-18,20-21,27-32,34-36,38-42,44,50-51,53H,15,19,22-26H2,1-14H3/t27-,28-,29+,30+,31-,32+,34+,35-,36+,38+,39-,40-,41+,42-,44+,45-,46-,47-/m1/s1. The van der Waals surface area contributed by atoms with Gasteiger partial charge in [0, 0.05) is 51.0 Å². The van der Waals surface area contributed by atoms with E-state index in [1.165, 1.54) is 19.6 Å². The highest BCUT2D eigenvalue weighted by atomic mass is 16.7. The zero-order chi connectivity index (χ0) is 45.6. The second kappa shape index (κ2) is 21.7. The lowest BCUT2D eigenvalue weighted by atomic mass is 9.74. The Morgan fingerprint density at radius 3 is 2.07 bits per heavy atom. The molecule has 0 aromatic heterocycles. The smallest absolute Gasteiger partial charge is 0.311 e. The van der Waals surface area contributed by atoms with Crippen LogP contribution in [0.15, 0.2) is 30.3 Å². The lowest BCUT2D eigenvalue weighted by Gasteiger charge is -2.50. The molecular weight excluding hydrogens is 787 g/mol. The van der Waals surface area contributed by atoms with Crippen molar-refractivity contribution in [2.45, 2.75) is 192 Å². The van der Waals surface area contributed by atoms with Crippen molar-refractivity contribution in [2.24, 2.45) is 23.7 Å². The first-order chi connectivity index (χ1) is 28.5. The second-order valence-corrected chi connectivity index (χ2v) is 19.1. The number of hydrogen-bond acceptors (Lipinski definition) is 14. The predicted octanol–water partition coefficient (Wildman–Crippen LogP) is 5.10. The Morgan fingerprint density at radius 2 is 1.48 bits per heavy atom. The molecule has 0 aliphatic carbocycles. The van der Waals surface area contributed by atoms with E-state index in [4.69, 9.17) is 37.9 Å². The van der Waals surface area contributed by atoms with Crippen LogP contribution in [-0.4, -0.2) is 151 Å². The fourth-order valence-electron chi connectivity index (χ4n) is 9.89. The van der Waals surface area contributed by atoms with Crippen LogP contribution in [0, 0.1) is 23.7 Å². The molecule has 0 unspecified atom stereocenters. The summed E-state index contributed by atoms with van der Waals surface area (Å²) in [4.78, 5) is 30.8. The quantitative estimate of drug-likeness (QED) is 0.177. The lowest BCUT2D eigenvalue weighted by Crippen LogP contribution is -2.62. The third-order valence-corrected chi connectivity index (χ3v) is 14.0. The average Bonchev–Trinajstić information content (AvgIpc) is 3.23. The minimum atomic E-state index is -1.96.